The van der Waals surface area contributed by atoms with Gasteiger partial charge in [0.25, 0.3) is 0 Å². The molecule has 1 rings (SSSR count). The summed E-state index contributed by atoms with van der Waals surface area (Å²) in [6.07, 6.45) is 0. The summed E-state index contributed by atoms with van der Waals surface area (Å²) in [6, 6.07) is 6.79. The largest absolute Gasteiger partial charge is 0.205 e. The quantitative estimate of drug-likeness (QED) is 0.762. The van der Waals surface area contributed by atoms with Crippen molar-refractivity contribution in [2.75, 3.05) is 0 Å². The second-order valence-electron chi connectivity index (χ2n) is 3.25. The van der Waals surface area contributed by atoms with Crippen molar-refractivity contribution in [2.45, 2.75) is 24.9 Å². The maximum Gasteiger partial charge on any atom is 0.144 e. The zero-order valence-corrected chi connectivity index (χ0v) is 9.07. The fraction of sp³-hybridized carbons (Fsp3) is 0.364. The van der Waals surface area contributed by atoms with E-state index >= 15 is 0 Å². The normalized spacial score (nSPS) is 10.2. The molecule has 74 valence electrons. The van der Waals surface area contributed by atoms with Crippen LogP contribution in [0.3, 0.4) is 0 Å². The summed E-state index contributed by atoms with van der Waals surface area (Å²) < 4.78 is 13.5. The van der Waals surface area contributed by atoms with Crippen LogP contribution in [-0.4, -0.2) is 5.25 Å². The molecule has 0 bridgehead atoms. The molecule has 0 heterocycles. The van der Waals surface area contributed by atoms with E-state index < -0.39 is 0 Å². The minimum atomic E-state index is -0.372. The van der Waals surface area contributed by atoms with Crippen molar-refractivity contribution in [1.82, 2.24) is 0 Å². The number of rotatable bonds is 3. The van der Waals surface area contributed by atoms with E-state index in [0.717, 1.165) is 0 Å². The Hall–Kier alpha value is -1.01. The van der Waals surface area contributed by atoms with E-state index in [-0.39, 0.29) is 11.4 Å². The molecule has 0 aliphatic rings. The van der Waals surface area contributed by atoms with Crippen LogP contribution in [0.5, 0.6) is 0 Å². The molecule has 0 saturated carbocycles. The summed E-state index contributed by atoms with van der Waals surface area (Å²) in [5, 5.41) is 9.10. The first-order chi connectivity index (χ1) is 6.65. The first kappa shape index (κ1) is 11.1. The van der Waals surface area contributed by atoms with Gasteiger partial charge in [-0.3, -0.25) is 0 Å². The highest BCUT2D eigenvalue weighted by Gasteiger charge is 2.07. The zero-order valence-electron chi connectivity index (χ0n) is 8.25. The molecule has 0 N–H and O–H groups in total. The molecule has 0 saturated heterocycles. The number of thioether (sulfide) groups is 1. The summed E-state index contributed by atoms with van der Waals surface area (Å²) in [6.45, 7) is 4.13. The fourth-order valence-corrected chi connectivity index (χ4v) is 1.77. The molecule has 3 heteroatoms. The van der Waals surface area contributed by atoms with Gasteiger partial charge < -0.3 is 0 Å². The van der Waals surface area contributed by atoms with Crippen molar-refractivity contribution in [3.05, 3.63) is 35.1 Å². The lowest BCUT2D eigenvalue weighted by molar-refractivity contribution is 0.613. The summed E-state index contributed by atoms with van der Waals surface area (Å²) in [4.78, 5) is 0. The van der Waals surface area contributed by atoms with E-state index in [0.29, 0.717) is 16.6 Å². The monoisotopic (exact) mass is 209 g/mol. The number of nitriles is 1. The third kappa shape index (κ3) is 2.74. The van der Waals surface area contributed by atoms with Crippen molar-refractivity contribution < 1.29 is 4.39 Å². The van der Waals surface area contributed by atoms with Crippen LogP contribution in [0.15, 0.2) is 18.2 Å². The molecule has 0 fully saturated rings. The molecule has 1 aromatic rings. The molecule has 1 aromatic carbocycles. The molecule has 0 aromatic heterocycles. The van der Waals surface area contributed by atoms with Crippen molar-refractivity contribution >= 4 is 11.8 Å². The van der Waals surface area contributed by atoms with Crippen molar-refractivity contribution in [3.8, 4) is 6.07 Å². The molecule has 14 heavy (non-hydrogen) atoms. The molecule has 0 unspecified atom stereocenters. The highest BCUT2D eigenvalue weighted by molar-refractivity contribution is 7.99. The van der Waals surface area contributed by atoms with Crippen LogP contribution in [0.2, 0.25) is 0 Å². The van der Waals surface area contributed by atoms with Gasteiger partial charge in [-0.2, -0.15) is 17.0 Å². The lowest BCUT2D eigenvalue weighted by Crippen LogP contribution is -1.94. The van der Waals surface area contributed by atoms with Crippen LogP contribution in [-0.2, 0) is 5.75 Å². The van der Waals surface area contributed by atoms with Crippen LogP contribution in [0, 0.1) is 17.1 Å². The second kappa shape index (κ2) is 5.02. The zero-order chi connectivity index (χ0) is 10.6. The minimum absolute atomic E-state index is 0.131. The lowest BCUT2D eigenvalue weighted by Gasteiger charge is -2.06. The molecule has 0 aliphatic carbocycles. The molecule has 0 aliphatic heterocycles. The number of hydrogen-bond acceptors (Lipinski definition) is 2. The summed E-state index contributed by atoms with van der Waals surface area (Å²) in [5.41, 5.74) is 0.745. The van der Waals surface area contributed by atoms with E-state index in [1.165, 1.54) is 6.07 Å². The molecule has 0 radical (unpaired) electrons. The smallest absolute Gasteiger partial charge is 0.144 e. The SMILES string of the molecule is CC(C)SCc1cccc(C#N)c1F. The summed E-state index contributed by atoms with van der Waals surface area (Å²) >= 11 is 1.67. The predicted molar refractivity (Wildman–Crippen MR) is 57.5 cm³/mol. The first-order valence-corrected chi connectivity index (χ1v) is 5.49. The Bertz CT molecular complexity index is 355. The Labute approximate surface area is 87.9 Å². The average molecular weight is 209 g/mol. The van der Waals surface area contributed by atoms with Gasteiger partial charge in [0, 0.05) is 5.75 Å². The topological polar surface area (TPSA) is 23.8 Å². The Kier molecular flexibility index (Phi) is 3.97. The van der Waals surface area contributed by atoms with Crippen LogP contribution in [0.25, 0.3) is 0 Å². The van der Waals surface area contributed by atoms with Crippen LogP contribution in [0.4, 0.5) is 4.39 Å². The fourth-order valence-electron chi connectivity index (χ4n) is 1.03. The molecular formula is C11H12FNS. The van der Waals surface area contributed by atoms with Gasteiger partial charge in [-0.15, -0.1) is 0 Å². The van der Waals surface area contributed by atoms with E-state index in [9.17, 15) is 4.39 Å². The third-order valence-electron chi connectivity index (χ3n) is 1.77. The van der Waals surface area contributed by atoms with Gasteiger partial charge >= 0.3 is 0 Å². The molecular weight excluding hydrogens is 197 g/mol. The van der Waals surface area contributed by atoms with Crippen LogP contribution >= 0.6 is 11.8 Å². The van der Waals surface area contributed by atoms with Gasteiger partial charge in [0.15, 0.2) is 0 Å². The van der Waals surface area contributed by atoms with Gasteiger partial charge in [0.1, 0.15) is 11.9 Å². The molecule has 0 amide bonds. The van der Waals surface area contributed by atoms with E-state index in [4.69, 9.17) is 5.26 Å². The molecule has 0 atom stereocenters. The predicted octanol–water partition coefficient (Wildman–Crippen LogP) is 3.34. The Balaban J connectivity index is 2.83. The number of nitrogens with zero attached hydrogens (tertiary/aromatic N) is 1. The van der Waals surface area contributed by atoms with Crippen molar-refractivity contribution in [1.29, 1.82) is 5.26 Å². The van der Waals surface area contributed by atoms with Crippen LogP contribution < -0.4 is 0 Å². The standard InChI is InChI=1S/C11H12FNS/c1-8(2)14-7-10-5-3-4-9(6-13)11(10)12/h3-5,8H,7H2,1-2H3. The lowest BCUT2D eigenvalue weighted by atomic mass is 10.1. The number of hydrogen-bond donors (Lipinski definition) is 0. The number of benzene rings is 1. The third-order valence-corrected chi connectivity index (χ3v) is 2.92. The maximum atomic E-state index is 13.5. The highest BCUT2D eigenvalue weighted by Crippen LogP contribution is 2.20. The van der Waals surface area contributed by atoms with E-state index in [2.05, 4.69) is 13.8 Å². The summed E-state index contributed by atoms with van der Waals surface area (Å²) in [5.74, 6) is 0.252. The Morgan fingerprint density at radius 2 is 2.21 bits per heavy atom. The molecule has 0 spiro atoms. The highest BCUT2D eigenvalue weighted by atomic mass is 32.2. The van der Waals surface area contributed by atoms with E-state index in [1.54, 1.807) is 23.9 Å². The number of halogens is 1. The van der Waals surface area contributed by atoms with Gasteiger partial charge in [0.2, 0.25) is 0 Å². The van der Waals surface area contributed by atoms with Gasteiger partial charge in [-0.1, -0.05) is 26.0 Å². The summed E-state index contributed by atoms with van der Waals surface area (Å²) in [7, 11) is 0. The van der Waals surface area contributed by atoms with Gasteiger partial charge in [-0.05, 0) is 16.9 Å². The average Bonchev–Trinajstić information content (AvgIpc) is 2.16. The second-order valence-corrected chi connectivity index (χ2v) is 4.82. The Morgan fingerprint density at radius 3 is 2.79 bits per heavy atom. The van der Waals surface area contributed by atoms with E-state index in [1.807, 2.05) is 6.07 Å². The van der Waals surface area contributed by atoms with Crippen LogP contribution in [0.1, 0.15) is 25.0 Å². The Morgan fingerprint density at radius 1 is 1.50 bits per heavy atom. The molecule has 1 nitrogen and oxygen atoms in total. The van der Waals surface area contributed by atoms with Gasteiger partial charge in [-0.25, -0.2) is 4.39 Å². The van der Waals surface area contributed by atoms with Crippen molar-refractivity contribution in [3.63, 3.8) is 0 Å². The first-order valence-electron chi connectivity index (χ1n) is 4.44. The van der Waals surface area contributed by atoms with Gasteiger partial charge in [0.05, 0.1) is 5.56 Å². The van der Waals surface area contributed by atoms with Crippen molar-refractivity contribution in [2.24, 2.45) is 0 Å². The maximum absolute atomic E-state index is 13.5. The minimum Gasteiger partial charge on any atom is -0.205 e.